The Labute approximate surface area is 172 Å². The number of allylic oxidation sites excluding steroid dienone is 1. The van der Waals surface area contributed by atoms with Crippen LogP contribution in [0, 0.1) is 5.82 Å². The van der Waals surface area contributed by atoms with E-state index in [0.29, 0.717) is 6.54 Å². The number of benzene rings is 3. The molecular weight excluding hydrogens is 381 g/mol. The van der Waals surface area contributed by atoms with E-state index in [0.717, 1.165) is 27.3 Å². The number of halogens is 1. The van der Waals surface area contributed by atoms with Crippen molar-refractivity contribution in [3.8, 4) is 11.3 Å². The topological polar surface area (TPSA) is 29.6 Å². The standard InChI is InChI=1S/C24H20FN3S/c1-3-14-28-23(21-9-8-19-6-4-5-7-20(19)15-21)16-29-24(28)27-26-17(2)18-10-12-22(25)13-11-18/h3-13,15-16H,1,14H2,2H3/b26-17-,27-24-. The van der Waals surface area contributed by atoms with Crippen molar-refractivity contribution >= 4 is 27.8 Å². The number of thiazole rings is 1. The molecule has 144 valence electrons. The fraction of sp³-hybridized carbons (Fsp3) is 0.0833. The second-order valence-corrected chi connectivity index (χ2v) is 7.49. The molecule has 0 radical (unpaired) electrons. The third kappa shape index (κ3) is 4.10. The summed E-state index contributed by atoms with van der Waals surface area (Å²) in [5, 5.41) is 13.3. The largest absolute Gasteiger partial charge is 0.311 e. The summed E-state index contributed by atoms with van der Waals surface area (Å²) >= 11 is 1.54. The molecule has 0 bridgehead atoms. The molecule has 0 N–H and O–H groups in total. The highest BCUT2D eigenvalue weighted by Gasteiger charge is 2.08. The van der Waals surface area contributed by atoms with Crippen LogP contribution in [0.25, 0.3) is 22.0 Å². The van der Waals surface area contributed by atoms with E-state index < -0.39 is 0 Å². The van der Waals surface area contributed by atoms with E-state index in [1.165, 1.54) is 34.2 Å². The SMILES string of the molecule is C=CCn1c(-c2ccc3ccccc3c2)cs/c1=N\N=C(\C)c1ccc(F)cc1. The molecule has 0 spiro atoms. The van der Waals surface area contributed by atoms with Crippen molar-refractivity contribution in [3.63, 3.8) is 0 Å². The number of rotatable bonds is 5. The minimum absolute atomic E-state index is 0.263. The van der Waals surface area contributed by atoms with Crippen LogP contribution in [0.1, 0.15) is 12.5 Å². The van der Waals surface area contributed by atoms with Crippen LogP contribution in [-0.4, -0.2) is 10.3 Å². The third-order valence-electron chi connectivity index (χ3n) is 4.70. The number of hydrogen-bond donors (Lipinski definition) is 0. The van der Waals surface area contributed by atoms with Crippen molar-refractivity contribution in [1.82, 2.24) is 4.57 Å². The molecule has 29 heavy (non-hydrogen) atoms. The zero-order valence-electron chi connectivity index (χ0n) is 16.0. The van der Waals surface area contributed by atoms with Crippen molar-refractivity contribution in [1.29, 1.82) is 0 Å². The van der Waals surface area contributed by atoms with Gasteiger partial charge in [0.2, 0.25) is 4.80 Å². The molecule has 0 saturated carbocycles. The summed E-state index contributed by atoms with van der Waals surface area (Å²) in [5.41, 5.74) is 3.78. The second-order valence-electron chi connectivity index (χ2n) is 6.66. The zero-order chi connectivity index (χ0) is 20.2. The van der Waals surface area contributed by atoms with Crippen molar-refractivity contribution in [3.05, 3.63) is 101 Å². The van der Waals surface area contributed by atoms with Crippen LogP contribution >= 0.6 is 11.3 Å². The van der Waals surface area contributed by atoms with E-state index in [-0.39, 0.29) is 5.82 Å². The second kappa shape index (κ2) is 8.37. The first-order chi connectivity index (χ1) is 14.2. The first-order valence-electron chi connectivity index (χ1n) is 9.28. The average Bonchev–Trinajstić information content (AvgIpc) is 3.15. The summed E-state index contributed by atoms with van der Waals surface area (Å²) in [7, 11) is 0. The van der Waals surface area contributed by atoms with Crippen LogP contribution in [0.2, 0.25) is 0 Å². The Morgan fingerprint density at radius 3 is 2.59 bits per heavy atom. The van der Waals surface area contributed by atoms with E-state index in [9.17, 15) is 4.39 Å². The summed E-state index contributed by atoms with van der Waals surface area (Å²) in [6.45, 7) is 6.39. The molecule has 1 aromatic heterocycles. The number of hydrogen-bond acceptors (Lipinski definition) is 3. The Kier molecular flexibility index (Phi) is 5.49. The highest BCUT2D eigenvalue weighted by molar-refractivity contribution is 7.07. The minimum Gasteiger partial charge on any atom is -0.311 e. The molecular formula is C24H20FN3S. The quantitative estimate of drug-likeness (QED) is 0.222. The number of fused-ring (bicyclic) bond motifs is 1. The lowest BCUT2D eigenvalue weighted by atomic mass is 10.1. The Hall–Kier alpha value is -3.31. The van der Waals surface area contributed by atoms with E-state index in [1.54, 1.807) is 12.1 Å². The molecule has 3 nitrogen and oxygen atoms in total. The van der Waals surface area contributed by atoms with Gasteiger partial charge in [-0.1, -0.05) is 54.6 Å². The van der Waals surface area contributed by atoms with Gasteiger partial charge in [-0.2, -0.15) is 5.10 Å². The van der Waals surface area contributed by atoms with Gasteiger partial charge in [-0.3, -0.25) is 0 Å². The first-order valence-corrected chi connectivity index (χ1v) is 10.2. The predicted molar refractivity (Wildman–Crippen MR) is 120 cm³/mol. The molecule has 4 aromatic rings. The fourth-order valence-corrected chi connectivity index (χ4v) is 4.03. The first kappa shape index (κ1) is 19.0. The maximum atomic E-state index is 13.1. The Morgan fingerprint density at radius 2 is 1.83 bits per heavy atom. The summed E-state index contributed by atoms with van der Waals surface area (Å²) in [6, 6.07) is 21.0. The van der Waals surface area contributed by atoms with Gasteiger partial charge in [0.1, 0.15) is 5.82 Å². The Balaban J connectivity index is 1.76. The number of nitrogens with zero attached hydrogens (tertiary/aromatic N) is 3. The molecule has 0 amide bonds. The molecule has 3 aromatic carbocycles. The van der Waals surface area contributed by atoms with E-state index >= 15 is 0 Å². The zero-order valence-corrected chi connectivity index (χ0v) is 16.9. The monoisotopic (exact) mass is 401 g/mol. The molecule has 0 fully saturated rings. The van der Waals surface area contributed by atoms with Crippen LogP contribution < -0.4 is 4.80 Å². The van der Waals surface area contributed by atoms with Gasteiger partial charge < -0.3 is 4.57 Å². The Bertz CT molecular complexity index is 1260. The lowest BCUT2D eigenvalue weighted by molar-refractivity contribution is 0.628. The molecule has 0 atom stereocenters. The van der Waals surface area contributed by atoms with Gasteiger partial charge in [0, 0.05) is 11.9 Å². The highest BCUT2D eigenvalue weighted by atomic mass is 32.1. The molecule has 0 saturated heterocycles. The predicted octanol–water partition coefficient (Wildman–Crippen LogP) is 6.02. The van der Waals surface area contributed by atoms with Crippen molar-refractivity contribution in [2.45, 2.75) is 13.5 Å². The summed E-state index contributed by atoms with van der Waals surface area (Å²) < 4.78 is 15.2. The highest BCUT2D eigenvalue weighted by Crippen LogP contribution is 2.25. The maximum absolute atomic E-state index is 13.1. The summed E-state index contributed by atoms with van der Waals surface area (Å²) in [5.74, 6) is -0.263. The molecule has 0 aliphatic rings. The summed E-state index contributed by atoms with van der Waals surface area (Å²) in [4.78, 5) is 0.787. The van der Waals surface area contributed by atoms with Crippen molar-refractivity contribution in [2.75, 3.05) is 0 Å². The summed E-state index contributed by atoms with van der Waals surface area (Å²) in [6.07, 6.45) is 1.85. The van der Waals surface area contributed by atoms with Gasteiger partial charge in [-0.15, -0.1) is 23.0 Å². The molecule has 4 rings (SSSR count). The Morgan fingerprint density at radius 1 is 1.07 bits per heavy atom. The van der Waals surface area contributed by atoms with Crippen molar-refractivity contribution < 1.29 is 4.39 Å². The molecule has 0 unspecified atom stereocenters. The smallest absolute Gasteiger partial charge is 0.211 e. The van der Waals surface area contributed by atoms with E-state index in [1.807, 2.05) is 25.1 Å². The minimum atomic E-state index is -0.263. The van der Waals surface area contributed by atoms with Crippen LogP contribution in [0.4, 0.5) is 4.39 Å². The van der Waals surface area contributed by atoms with Crippen LogP contribution in [-0.2, 0) is 6.54 Å². The van der Waals surface area contributed by atoms with Crippen molar-refractivity contribution in [2.24, 2.45) is 10.2 Å². The molecule has 0 aliphatic heterocycles. The number of aromatic nitrogens is 1. The van der Waals surface area contributed by atoms with Crippen LogP contribution in [0.15, 0.2) is 95.0 Å². The van der Waals surface area contributed by atoms with Crippen LogP contribution in [0.5, 0.6) is 0 Å². The van der Waals surface area contributed by atoms with Gasteiger partial charge in [0.15, 0.2) is 0 Å². The maximum Gasteiger partial charge on any atom is 0.211 e. The third-order valence-corrected chi connectivity index (χ3v) is 5.56. The lowest BCUT2D eigenvalue weighted by Gasteiger charge is -2.07. The van der Waals surface area contributed by atoms with E-state index in [2.05, 4.69) is 57.1 Å². The normalized spacial score (nSPS) is 12.5. The van der Waals surface area contributed by atoms with Gasteiger partial charge in [-0.25, -0.2) is 4.39 Å². The van der Waals surface area contributed by atoms with Gasteiger partial charge in [0.25, 0.3) is 0 Å². The molecule has 0 aliphatic carbocycles. The average molecular weight is 402 g/mol. The molecule has 1 heterocycles. The lowest BCUT2D eigenvalue weighted by Crippen LogP contribution is -2.15. The van der Waals surface area contributed by atoms with Gasteiger partial charge in [-0.05, 0) is 47.0 Å². The van der Waals surface area contributed by atoms with Crippen LogP contribution in [0.3, 0.4) is 0 Å². The molecule has 5 heteroatoms. The van der Waals surface area contributed by atoms with Gasteiger partial charge >= 0.3 is 0 Å². The van der Waals surface area contributed by atoms with Gasteiger partial charge in [0.05, 0.1) is 11.4 Å². The fourth-order valence-electron chi connectivity index (χ4n) is 3.16. The van der Waals surface area contributed by atoms with E-state index in [4.69, 9.17) is 0 Å².